The average Bonchev–Trinajstić information content (AvgIpc) is 3.23. The van der Waals surface area contributed by atoms with E-state index in [0.717, 1.165) is 24.2 Å². The second kappa shape index (κ2) is 9.17. The lowest BCUT2D eigenvalue weighted by molar-refractivity contribution is -0.116. The molecule has 1 aliphatic carbocycles. The van der Waals surface area contributed by atoms with Gasteiger partial charge < -0.3 is 19.8 Å². The van der Waals surface area contributed by atoms with Crippen LogP contribution in [-0.2, 0) is 9.53 Å². The molecule has 30 heavy (non-hydrogen) atoms. The van der Waals surface area contributed by atoms with Gasteiger partial charge in [0, 0.05) is 37.4 Å². The van der Waals surface area contributed by atoms with Crippen molar-refractivity contribution in [1.82, 2.24) is 5.32 Å². The number of nitrogens with zero attached hydrogens (tertiary/aromatic N) is 1. The van der Waals surface area contributed by atoms with Crippen LogP contribution in [-0.4, -0.2) is 31.6 Å². The molecular weight excluding hydrogens is 382 g/mol. The summed E-state index contributed by atoms with van der Waals surface area (Å²) in [7, 11) is 0. The van der Waals surface area contributed by atoms with Gasteiger partial charge >= 0.3 is 6.03 Å². The maximum absolute atomic E-state index is 13.4. The van der Waals surface area contributed by atoms with Crippen LogP contribution in [0.2, 0.25) is 0 Å². The summed E-state index contributed by atoms with van der Waals surface area (Å²) in [5.41, 5.74) is 2.99. The zero-order valence-corrected chi connectivity index (χ0v) is 17.1. The van der Waals surface area contributed by atoms with E-state index in [1.54, 1.807) is 17.2 Å². The van der Waals surface area contributed by atoms with Crippen molar-refractivity contribution in [3.8, 4) is 0 Å². The molecule has 158 valence electrons. The van der Waals surface area contributed by atoms with Crippen LogP contribution in [0.15, 0.2) is 58.3 Å². The summed E-state index contributed by atoms with van der Waals surface area (Å²) < 4.78 is 11.1. The Morgan fingerprint density at radius 2 is 2.13 bits per heavy atom. The van der Waals surface area contributed by atoms with Crippen molar-refractivity contribution in [2.24, 2.45) is 0 Å². The zero-order valence-electron chi connectivity index (χ0n) is 17.1. The second-order valence-electron chi connectivity index (χ2n) is 7.38. The number of rotatable bonds is 6. The maximum atomic E-state index is 13.4. The Balaban J connectivity index is 1.75. The van der Waals surface area contributed by atoms with Crippen molar-refractivity contribution >= 4 is 23.2 Å². The van der Waals surface area contributed by atoms with Crippen LogP contribution < -0.4 is 15.5 Å². The summed E-state index contributed by atoms with van der Waals surface area (Å²) in [5.74, 6) is 0.618. The predicted molar refractivity (Wildman–Crippen MR) is 114 cm³/mol. The highest BCUT2D eigenvalue weighted by Gasteiger charge is 2.40. The van der Waals surface area contributed by atoms with Crippen LogP contribution in [0, 0.1) is 0 Å². The monoisotopic (exact) mass is 409 g/mol. The first kappa shape index (κ1) is 20.2. The number of benzene rings is 1. The number of carbonyl (C=O) groups excluding carboxylic acids is 2. The number of hydrogen-bond donors (Lipinski definition) is 2. The summed E-state index contributed by atoms with van der Waals surface area (Å²) >= 11 is 0. The van der Waals surface area contributed by atoms with Gasteiger partial charge in [0.15, 0.2) is 5.78 Å². The van der Waals surface area contributed by atoms with Gasteiger partial charge in [-0.15, -0.1) is 0 Å². The highest BCUT2D eigenvalue weighted by Crippen LogP contribution is 2.44. The minimum absolute atomic E-state index is 0.0482. The van der Waals surface area contributed by atoms with Gasteiger partial charge in [0.1, 0.15) is 11.8 Å². The highest BCUT2D eigenvalue weighted by atomic mass is 16.5. The fourth-order valence-corrected chi connectivity index (χ4v) is 4.07. The molecule has 1 aromatic heterocycles. The van der Waals surface area contributed by atoms with E-state index < -0.39 is 6.04 Å². The van der Waals surface area contributed by atoms with Crippen molar-refractivity contribution in [3.05, 3.63) is 59.7 Å². The SMILES string of the molecule is CCOCCCNC(=O)N1c2ccccc2NC2=C(C(=O)CCC2)[C@@H]1c1ccco1. The Labute approximate surface area is 176 Å². The van der Waals surface area contributed by atoms with Gasteiger partial charge in [-0.05, 0) is 50.5 Å². The lowest BCUT2D eigenvalue weighted by atomic mass is 9.88. The van der Waals surface area contributed by atoms with E-state index >= 15 is 0 Å². The molecule has 2 amide bonds. The van der Waals surface area contributed by atoms with E-state index in [-0.39, 0.29) is 11.8 Å². The molecule has 0 fully saturated rings. The first-order valence-electron chi connectivity index (χ1n) is 10.5. The van der Waals surface area contributed by atoms with Crippen molar-refractivity contribution in [3.63, 3.8) is 0 Å². The molecule has 1 aromatic carbocycles. The Bertz CT molecular complexity index is 936. The summed E-state index contributed by atoms with van der Waals surface area (Å²) in [6, 6.07) is 10.3. The van der Waals surface area contributed by atoms with Gasteiger partial charge in [0.25, 0.3) is 0 Å². The normalized spacial score (nSPS) is 18.4. The van der Waals surface area contributed by atoms with Gasteiger partial charge in [-0.3, -0.25) is 9.69 Å². The standard InChI is InChI=1S/C23H27N3O4/c1-2-29-14-7-13-24-23(28)26-18-10-4-3-8-16(18)25-17-9-5-11-19(27)21(17)22(26)20-12-6-15-30-20/h3-4,6,8,10,12,15,22,25H,2,5,7,9,11,13-14H2,1H3,(H,24,28)/t22-/m0/s1. The molecular formula is C23H27N3O4. The van der Waals surface area contributed by atoms with E-state index in [1.807, 2.05) is 37.3 Å². The number of nitrogens with one attached hydrogen (secondary N) is 2. The Hall–Kier alpha value is -3.06. The Morgan fingerprint density at radius 1 is 1.27 bits per heavy atom. The third-order valence-corrected chi connectivity index (χ3v) is 5.41. The molecule has 7 nitrogen and oxygen atoms in total. The molecule has 7 heteroatoms. The summed E-state index contributed by atoms with van der Waals surface area (Å²) in [4.78, 5) is 28.1. The number of anilines is 2. The molecule has 0 saturated carbocycles. The Morgan fingerprint density at radius 3 is 2.93 bits per heavy atom. The highest BCUT2D eigenvalue weighted by molar-refractivity contribution is 6.05. The summed E-state index contributed by atoms with van der Waals surface area (Å²) in [6.07, 6.45) is 4.31. The van der Waals surface area contributed by atoms with E-state index in [1.165, 1.54) is 0 Å². The molecule has 2 aromatic rings. The van der Waals surface area contributed by atoms with Crippen molar-refractivity contribution in [2.45, 2.75) is 38.6 Å². The number of allylic oxidation sites excluding steroid dienone is 1. The van der Waals surface area contributed by atoms with E-state index in [2.05, 4.69) is 10.6 Å². The number of fused-ring (bicyclic) bond motifs is 1. The number of ketones is 1. The van der Waals surface area contributed by atoms with Crippen LogP contribution >= 0.6 is 0 Å². The number of carbonyl (C=O) groups is 2. The number of hydrogen-bond acceptors (Lipinski definition) is 5. The molecule has 0 spiro atoms. The smallest absolute Gasteiger partial charge is 0.322 e. The van der Waals surface area contributed by atoms with Crippen LogP contribution in [0.1, 0.15) is 44.4 Å². The van der Waals surface area contributed by atoms with Crippen LogP contribution in [0.25, 0.3) is 0 Å². The Kier molecular flexibility index (Phi) is 6.18. The van der Waals surface area contributed by atoms with Crippen LogP contribution in [0.4, 0.5) is 16.2 Å². The van der Waals surface area contributed by atoms with Crippen molar-refractivity contribution < 1.29 is 18.7 Å². The van der Waals surface area contributed by atoms with Gasteiger partial charge in [-0.1, -0.05) is 12.1 Å². The predicted octanol–water partition coefficient (Wildman–Crippen LogP) is 4.40. The largest absolute Gasteiger partial charge is 0.467 e. The minimum atomic E-state index is -0.620. The third kappa shape index (κ3) is 3.98. The van der Waals surface area contributed by atoms with Gasteiger partial charge in [0.05, 0.1) is 17.6 Å². The van der Waals surface area contributed by atoms with E-state index in [4.69, 9.17) is 9.15 Å². The molecule has 1 aliphatic heterocycles. The van der Waals surface area contributed by atoms with Gasteiger partial charge in [-0.25, -0.2) is 4.79 Å². The number of furan rings is 1. The first-order chi connectivity index (χ1) is 14.7. The quantitative estimate of drug-likeness (QED) is 0.691. The zero-order chi connectivity index (χ0) is 20.9. The molecule has 0 bridgehead atoms. The molecule has 2 aliphatic rings. The number of para-hydroxylation sites is 2. The van der Waals surface area contributed by atoms with Crippen molar-refractivity contribution in [2.75, 3.05) is 30.0 Å². The fourth-order valence-electron chi connectivity index (χ4n) is 4.07. The number of Topliss-reactive ketones (excluding diaryl/α,β-unsaturated/α-hetero) is 1. The first-order valence-corrected chi connectivity index (χ1v) is 10.5. The number of amides is 2. The van der Waals surface area contributed by atoms with E-state index in [0.29, 0.717) is 49.6 Å². The van der Waals surface area contributed by atoms with Gasteiger partial charge in [0.2, 0.25) is 0 Å². The maximum Gasteiger partial charge on any atom is 0.322 e. The molecule has 0 saturated heterocycles. The molecule has 0 unspecified atom stereocenters. The van der Waals surface area contributed by atoms with Gasteiger partial charge in [-0.2, -0.15) is 0 Å². The molecule has 4 rings (SSSR count). The fraction of sp³-hybridized carbons (Fsp3) is 0.391. The van der Waals surface area contributed by atoms with Crippen molar-refractivity contribution in [1.29, 1.82) is 0 Å². The average molecular weight is 409 g/mol. The topological polar surface area (TPSA) is 83.8 Å². The molecule has 1 atom stereocenters. The van der Waals surface area contributed by atoms with E-state index in [9.17, 15) is 9.59 Å². The summed E-state index contributed by atoms with van der Waals surface area (Å²) in [6.45, 7) is 3.67. The second-order valence-corrected chi connectivity index (χ2v) is 7.38. The lowest BCUT2D eigenvalue weighted by Crippen LogP contribution is -2.44. The minimum Gasteiger partial charge on any atom is -0.467 e. The molecule has 2 heterocycles. The number of ether oxygens (including phenoxy) is 1. The molecule has 0 radical (unpaired) electrons. The summed E-state index contributed by atoms with van der Waals surface area (Å²) in [5, 5.41) is 6.41. The lowest BCUT2D eigenvalue weighted by Gasteiger charge is -2.32. The third-order valence-electron chi connectivity index (χ3n) is 5.41. The van der Waals surface area contributed by atoms with Crippen LogP contribution in [0.5, 0.6) is 0 Å². The number of urea groups is 1. The molecule has 2 N–H and O–H groups in total. The van der Waals surface area contributed by atoms with Crippen LogP contribution in [0.3, 0.4) is 0 Å².